The molecule has 3 aromatic rings. The Balaban J connectivity index is 1.78. The van der Waals surface area contributed by atoms with Gasteiger partial charge in [0.1, 0.15) is 11.6 Å². The second-order valence-electron chi connectivity index (χ2n) is 6.16. The van der Waals surface area contributed by atoms with Gasteiger partial charge in [0.15, 0.2) is 0 Å². The number of carbonyl (C=O) groups excluding carboxylic acids is 1. The molecule has 29 heavy (non-hydrogen) atoms. The summed E-state index contributed by atoms with van der Waals surface area (Å²) in [4.78, 5) is 12.4. The Morgan fingerprint density at radius 3 is 2.55 bits per heavy atom. The number of hydrogen-bond acceptors (Lipinski definition) is 4. The zero-order valence-corrected chi connectivity index (χ0v) is 16.2. The Kier molecular flexibility index (Phi) is 6.58. The van der Waals surface area contributed by atoms with Gasteiger partial charge in [0, 0.05) is 11.1 Å². The van der Waals surface area contributed by atoms with Crippen molar-refractivity contribution in [2.45, 2.75) is 6.54 Å². The Labute approximate surface area is 168 Å². The van der Waals surface area contributed by atoms with Crippen molar-refractivity contribution in [1.29, 1.82) is 0 Å². The van der Waals surface area contributed by atoms with Crippen molar-refractivity contribution in [2.75, 3.05) is 11.9 Å². The van der Waals surface area contributed by atoms with Crippen LogP contribution in [0.15, 0.2) is 82.8 Å². The summed E-state index contributed by atoms with van der Waals surface area (Å²) in [5, 5.41) is 3.54. The van der Waals surface area contributed by atoms with E-state index in [4.69, 9.17) is 4.42 Å². The molecule has 0 saturated carbocycles. The Morgan fingerprint density at radius 2 is 1.86 bits per heavy atom. The van der Waals surface area contributed by atoms with Crippen molar-refractivity contribution in [3.05, 3.63) is 95.5 Å². The van der Waals surface area contributed by atoms with Gasteiger partial charge in [-0.15, -0.1) is 0 Å². The van der Waals surface area contributed by atoms with Crippen LogP contribution in [0.25, 0.3) is 6.08 Å². The van der Waals surface area contributed by atoms with Crippen LogP contribution in [0, 0.1) is 5.82 Å². The van der Waals surface area contributed by atoms with Gasteiger partial charge in [0.2, 0.25) is 15.9 Å². The van der Waals surface area contributed by atoms with Crippen LogP contribution in [0.2, 0.25) is 0 Å². The molecule has 0 bridgehead atoms. The van der Waals surface area contributed by atoms with Gasteiger partial charge in [-0.3, -0.25) is 4.79 Å². The highest BCUT2D eigenvalue weighted by atomic mass is 32.2. The molecule has 1 amide bonds. The molecule has 0 spiro atoms. The fourth-order valence-corrected chi connectivity index (χ4v) is 3.66. The molecule has 3 rings (SSSR count). The first-order valence-corrected chi connectivity index (χ1v) is 10.2. The molecule has 0 aliphatic heterocycles. The average molecular weight is 414 g/mol. The molecule has 2 aromatic carbocycles. The summed E-state index contributed by atoms with van der Waals surface area (Å²) in [5.74, 6) is -0.715. The van der Waals surface area contributed by atoms with Gasteiger partial charge in [-0.05, 0) is 42.0 Å². The van der Waals surface area contributed by atoms with E-state index in [0.29, 0.717) is 11.3 Å². The third-order valence-electron chi connectivity index (χ3n) is 3.93. The number of halogens is 1. The largest absolute Gasteiger partial charge is 0.468 e. The van der Waals surface area contributed by atoms with E-state index >= 15 is 0 Å². The summed E-state index contributed by atoms with van der Waals surface area (Å²) in [6.07, 6.45) is 2.88. The molecule has 8 heteroatoms. The summed E-state index contributed by atoms with van der Waals surface area (Å²) in [6, 6.07) is 17.5. The van der Waals surface area contributed by atoms with E-state index in [2.05, 4.69) is 5.32 Å². The maximum Gasteiger partial charge on any atom is 0.239 e. The predicted octanol–water partition coefficient (Wildman–Crippen LogP) is 3.86. The van der Waals surface area contributed by atoms with E-state index in [1.807, 2.05) is 6.07 Å². The zero-order chi connectivity index (χ0) is 20.7. The predicted molar refractivity (Wildman–Crippen MR) is 109 cm³/mol. The summed E-state index contributed by atoms with van der Waals surface area (Å²) in [7, 11) is -3.93. The number of nitrogens with one attached hydrogen (secondary N) is 1. The van der Waals surface area contributed by atoms with Crippen molar-refractivity contribution >= 4 is 27.7 Å². The van der Waals surface area contributed by atoms with Crippen molar-refractivity contribution in [2.24, 2.45) is 0 Å². The van der Waals surface area contributed by atoms with Crippen molar-refractivity contribution < 1.29 is 22.0 Å². The molecule has 6 nitrogen and oxygen atoms in total. The third kappa shape index (κ3) is 6.13. The fourth-order valence-electron chi connectivity index (χ4n) is 2.55. The number of amides is 1. The van der Waals surface area contributed by atoms with E-state index in [-0.39, 0.29) is 12.2 Å². The number of benzene rings is 2. The lowest BCUT2D eigenvalue weighted by Gasteiger charge is -2.19. The van der Waals surface area contributed by atoms with E-state index in [9.17, 15) is 17.6 Å². The van der Waals surface area contributed by atoms with Gasteiger partial charge in [0.25, 0.3) is 0 Å². The van der Waals surface area contributed by atoms with Crippen molar-refractivity contribution in [3.8, 4) is 0 Å². The normalized spacial score (nSPS) is 11.8. The molecule has 0 saturated heterocycles. The number of hydrogen-bond donors (Lipinski definition) is 1. The number of sulfonamides is 1. The Bertz CT molecular complexity index is 1080. The van der Waals surface area contributed by atoms with Gasteiger partial charge in [-0.25, -0.2) is 12.8 Å². The molecule has 1 N–H and O–H groups in total. The molecule has 0 atom stereocenters. The van der Waals surface area contributed by atoms with E-state index in [0.717, 1.165) is 15.8 Å². The molecule has 0 fully saturated rings. The van der Waals surface area contributed by atoms with Crippen LogP contribution >= 0.6 is 0 Å². The van der Waals surface area contributed by atoms with Gasteiger partial charge in [-0.2, -0.15) is 4.31 Å². The van der Waals surface area contributed by atoms with Crippen LogP contribution in [0.1, 0.15) is 11.3 Å². The van der Waals surface area contributed by atoms with E-state index in [1.54, 1.807) is 36.4 Å². The van der Waals surface area contributed by atoms with Crippen LogP contribution in [0.4, 0.5) is 10.1 Å². The van der Waals surface area contributed by atoms with Crippen LogP contribution < -0.4 is 5.32 Å². The number of nitrogens with zero attached hydrogens (tertiary/aromatic N) is 1. The standard InChI is InChI=1S/C21H19FN2O4S/c22-18-8-4-9-19(14-18)23-21(25)16-24(15-20-10-5-12-28-20)29(26,27)13-11-17-6-2-1-3-7-17/h1-14H,15-16H2,(H,23,25)/b13-11+. The molecule has 0 aliphatic rings. The van der Waals surface area contributed by atoms with Crippen LogP contribution in [-0.2, 0) is 21.4 Å². The second-order valence-corrected chi connectivity index (χ2v) is 7.98. The molecular weight excluding hydrogens is 395 g/mol. The van der Waals surface area contributed by atoms with Crippen LogP contribution in [-0.4, -0.2) is 25.2 Å². The highest BCUT2D eigenvalue weighted by Gasteiger charge is 2.24. The maximum absolute atomic E-state index is 13.3. The van der Waals surface area contributed by atoms with E-state index in [1.165, 1.54) is 30.5 Å². The first-order valence-electron chi connectivity index (χ1n) is 8.73. The first kappa shape index (κ1) is 20.5. The Morgan fingerprint density at radius 1 is 1.07 bits per heavy atom. The highest BCUT2D eigenvalue weighted by molar-refractivity contribution is 7.92. The number of furan rings is 1. The quantitative estimate of drug-likeness (QED) is 0.607. The minimum Gasteiger partial charge on any atom is -0.468 e. The lowest BCUT2D eigenvalue weighted by Crippen LogP contribution is -2.36. The molecule has 0 unspecified atom stereocenters. The highest BCUT2D eigenvalue weighted by Crippen LogP contribution is 2.15. The number of rotatable bonds is 8. The van der Waals surface area contributed by atoms with Crippen molar-refractivity contribution in [1.82, 2.24) is 4.31 Å². The van der Waals surface area contributed by atoms with Gasteiger partial charge < -0.3 is 9.73 Å². The summed E-state index contributed by atoms with van der Waals surface area (Å²) in [6.45, 7) is -0.580. The topological polar surface area (TPSA) is 79.6 Å². The van der Waals surface area contributed by atoms with Crippen LogP contribution in [0.3, 0.4) is 0 Å². The molecule has 1 aromatic heterocycles. The average Bonchev–Trinajstić information content (AvgIpc) is 3.20. The first-order chi connectivity index (χ1) is 13.9. The minimum atomic E-state index is -3.93. The number of anilines is 1. The third-order valence-corrected chi connectivity index (χ3v) is 5.39. The summed E-state index contributed by atoms with van der Waals surface area (Å²) < 4.78 is 45.2. The van der Waals surface area contributed by atoms with Gasteiger partial charge in [-0.1, -0.05) is 36.4 Å². The monoisotopic (exact) mass is 414 g/mol. The SMILES string of the molecule is O=C(CN(Cc1ccco1)S(=O)(=O)/C=C/c1ccccc1)Nc1cccc(F)c1. The fraction of sp³-hybridized carbons (Fsp3) is 0.0952. The number of carbonyl (C=O) groups is 1. The molecule has 150 valence electrons. The van der Waals surface area contributed by atoms with Gasteiger partial charge in [0.05, 0.1) is 19.4 Å². The second kappa shape index (κ2) is 9.31. The Hall–Kier alpha value is -3.23. The van der Waals surface area contributed by atoms with Gasteiger partial charge >= 0.3 is 0 Å². The minimum absolute atomic E-state index is 0.120. The van der Waals surface area contributed by atoms with Crippen LogP contribution in [0.5, 0.6) is 0 Å². The summed E-state index contributed by atoms with van der Waals surface area (Å²) in [5.41, 5.74) is 0.948. The molecule has 0 aliphatic carbocycles. The maximum atomic E-state index is 13.3. The molecular formula is C21H19FN2O4S. The van der Waals surface area contributed by atoms with E-state index < -0.39 is 28.3 Å². The zero-order valence-electron chi connectivity index (χ0n) is 15.4. The smallest absolute Gasteiger partial charge is 0.239 e. The summed E-state index contributed by atoms with van der Waals surface area (Å²) >= 11 is 0. The van der Waals surface area contributed by atoms with Crippen molar-refractivity contribution in [3.63, 3.8) is 0 Å². The lowest BCUT2D eigenvalue weighted by atomic mass is 10.2. The lowest BCUT2D eigenvalue weighted by molar-refractivity contribution is -0.116. The molecule has 0 radical (unpaired) electrons. The molecule has 1 heterocycles.